The van der Waals surface area contributed by atoms with Crippen molar-refractivity contribution in [1.82, 2.24) is 9.80 Å². The van der Waals surface area contributed by atoms with Crippen LogP contribution in [-0.2, 0) is 26.4 Å². The van der Waals surface area contributed by atoms with Gasteiger partial charge in [0, 0.05) is 13.0 Å². The van der Waals surface area contributed by atoms with Gasteiger partial charge >= 0.3 is 12.0 Å². The van der Waals surface area contributed by atoms with Gasteiger partial charge in [0.25, 0.3) is 5.91 Å². The van der Waals surface area contributed by atoms with Gasteiger partial charge in [0.15, 0.2) is 0 Å². The molecule has 2 N–H and O–H groups in total. The minimum absolute atomic E-state index is 0.171. The Labute approximate surface area is 223 Å². The van der Waals surface area contributed by atoms with Crippen molar-refractivity contribution < 1.29 is 19.1 Å². The highest BCUT2D eigenvalue weighted by Gasteiger charge is 2.54. The number of urea groups is 1. The van der Waals surface area contributed by atoms with E-state index in [0.29, 0.717) is 32.4 Å². The Morgan fingerprint density at radius 2 is 1.76 bits per heavy atom. The smallest absolute Gasteiger partial charge is 0.328 e. The minimum Gasteiger partial charge on any atom is -0.466 e. The van der Waals surface area contributed by atoms with Crippen molar-refractivity contribution in [2.75, 3.05) is 13.2 Å². The first-order chi connectivity index (χ1) is 18.4. The van der Waals surface area contributed by atoms with E-state index in [0.717, 1.165) is 33.9 Å². The van der Waals surface area contributed by atoms with Crippen molar-refractivity contribution in [1.29, 1.82) is 0 Å². The summed E-state index contributed by atoms with van der Waals surface area (Å²) in [5, 5.41) is 5.61. The number of hydrazone groups is 1. The Kier molecular flexibility index (Phi) is 8.41. The summed E-state index contributed by atoms with van der Waals surface area (Å²) < 4.78 is 4.99. The van der Waals surface area contributed by atoms with E-state index in [-0.39, 0.29) is 24.5 Å². The fourth-order valence-electron chi connectivity index (χ4n) is 5.01. The van der Waals surface area contributed by atoms with Crippen LogP contribution in [0.15, 0.2) is 71.8 Å². The molecule has 3 aromatic carbocycles. The van der Waals surface area contributed by atoms with Crippen LogP contribution in [0.2, 0.25) is 0 Å². The van der Waals surface area contributed by atoms with Gasteiger partial charge < -0.3 is 15.5 Å². The number of rotatable bonds is 11. The number of carbonyl (C=O) groups excluding carboxylic acids is 3. The molecule has 1 aliphatic rings. The molecule has 1 unspecified atom stereocenters. The molecule has 4 rings (SSSR count). The topological polar surface area (TPSA) is 105 Å². The predicted molar refractivity (Wildman–Crippen MR) is 147 cm³/mol. The molecular formula is C30H34N4O4. The van der Waals surface area contributed by atoms with Crippen LogP contribution in [0.4, 0.5) is 4.79 Å². The molecule has 1 fully saturated rings. The second kappa shape index (κ2) is 11.9. The van der Waals surface area contributed by atoms with Crippen LogP contribution >= 0.6 is 0 Å². The highest BCUT2D eigenvalue weighted by Crippen LogP contribution is 2.38. The quantitative estimate of drug-likeness (QED) is 0.0975. The van der Waals surface area contributed by atoms with Crippen LogP contribution in [-0.4, -0.2) is 47.1 Å². The van der Waals surface area contributed by atoms with Crippen molar-refractivity contribution in [2.45, 2.75) is 51.6 Å². The van der Waals surface area contributed by atoms with Crippen molar-refractivity contribution in [3.63, 3.8) is 0 Å². The fraction of sp³-hybridized carbons (Fsp3) is 0.333. The molecule has 3 aromatic rings. The Hall–Kier alpha value is -4.20. The van der Waals surface area contributed by atoms with Crippen molar-refractivity contribution in [2.24, 2.45) is 10.9 Å². The Bertz CT molecular complexity index is 1340. The third-order valence-corrected chi connectivity index (χ3v) is 7.06. The van der Waals surface area contributed by atoms with E-state index < -0.39 is 5.54 Å². The van der Waals surface area contributed by atoms with Gasteiger partial charge in [0.1, 0.15) is 5.54 Å². The lowest BCUT2D eigenvalue weighted by Crippen LogP contribution is -2.44. The van der Waals surface area contributed by atoms with E-state index in [9.17, 15) is 14.4 Å². The third-order valence-electron chi connectivity index (χ3n) is 7.06. The van der Waals surface area contributed by atoms with Crippen LogP contribution in [0.25, 0.3) is 10.8 Å². The summed E-state index contributed by atoms with van der Waals surface area (Å²) in [5.74, 6) is 4.84. The molecule has 1 saturated heterocycles. The number of unbranched alkanes of at least 4 members (excludes halogenated alkanes) is 2. The number of esters is 1. The zero-order valence-electron chi connectivity index (χ0n) is 21.9. The van der Waals surface area contributed by atoms with Gasteiger partial charge in [-0.25, -0.2) is 4.79 Å². The zero-order valence-corrected chi connectivity index (χ0v) is 21.9. The molecule has 1 heterocycles. The average Bonchev–Trinajstić information content (AvgIpc) is 3.10. The van der Waals surface area contributed by atoms with Crippen LogP contribution in [0.1, 0.15) is 56.2 Å². The van der Waals surface area contributed by atoms with E-state index in [1.165, 1.54) is 4.90 Å². The zero-order chi connectivity index (χ0) is 27.1. The molecule has 0 saturated carbocycles. The normalized spacial score (nSPS) is 17.6. The Morgan fingerprint density at radius 3 is 2.50 bits per heavy atom. The molecule has 38 heavy (non-hydrogen) atoms. The molecular weight excluding hydrogens is 480 g/mol. The second-order valence-electron chi connectivity index (χ2n) is 9.60. The van der Waals surface area contributed by atoms with Crippen LogP contribution in [0.3, 0.4) is 0 Å². The van der Waals surface area contributed by atoms with E-state index in [2.05, 4.69) is 5.10 Å². The maximum Gasteiger partial charge on any atom is 0.328 e. The Morgan fingerprint density at radius 1 is 1.00 bits per heavy atom. The molecule has 0 spiro atoms. The summed E-state index contributed by atoms with van der Waals surface area (Å²) >= 11 is 0. The number of imide groups is 1. The molecule has 8 nitrogen and oxygen atoms in total. The van der Waals surface area contributed by atoms with Gasteiger partial charge in [0.2, 0.25) is 0 Å². The van der Waals surface area contributed by atoms with Crippen LogP contribution in [0.5, 0.6) is 0 Å². The Balaban J connectivity index is 1.55. The molecule has 1 aliphatic heterocycles. The number of nitrogens with zero attached hydrogens (tertiary/aromatic N) is 3. The van der Waals surface area contributed by atoms with Crippen LogP contribution < -0.4 is 5.84 Å². The molecule has 0 bridgehead atoms. The van der Waals surface area contributed by atoms with E-state index in [4.69, 9.17) is 10.6 Å². The molecule has 0 aliphatic carbocycles. The lowest BCUT2D eigenvalue weighted by atomic mass is 9.90. The predicted octanol–water partition coefficient (Wildman–Crippen LogP) is 4.94. The van der Waals surface area contributed by atoms with Crippen LogP contribution in [0, 0.1) is 0 Å². The molecule has 1 atom stereocenters. The number of amides is 3. The monoisotopic (exact) mass is 514 g/mol. The highest BCUT2D eigenvalue weighted by molar-refractivity contribution is 6.07. The number of benzene rings is 3. The lowest BCUT2D eigenvalue weighted by Gasteiger charge is -2.32. The number of fused-ring (bicyclic) bond motifs is 1. The highest BCUT2D eigenvalue weighted by atomic mass is 16.5. The maximum absolute atomic E-state index is 13.9. The largest absolute Gasteiger partial charge is 0.466 e. The molecule has 0 aromatic heterocycles. The van der Waals surface area contributed by atoms with Crippen molar-refractivity contribution in [3.8, 4) is 0 Å². The van der Waals surface area contributed by atoms with Gasteiger partial charge in [-0.15, -0.1) is 0 Å². The van der Waals surface area contributed by atoms with E-state index in [1.54, 1.807) is 18.0 Å². The number of nitrogens with two attached hydrogens (primary N) is 1. The summed E-state index contributed by atoms with van der Waals surface area (Å²) in [4.78, 5) is 42.2. The average molecular weight is 515 g/mol. The third kappa shape index (κ3) is 5.54. The van der Waals surface area contributed by atoms with Gasteiger partial charge in [-0.1, -0.05) is 61.0 Å². The first-order valence-electron chi connectivity index (χ1n) is 13.0. The first-order valence-corrected chi connectivity index (χ1v) is 13.0. The number of ether oxygens (including phenoxy) is 1. The minimum atomic E-state index is -1.11. The summed E-state index contributed by atoms with van der Waals surface area (Å²) in [6, 6.07) is 20.9. The number of carbonyl (C=O) groups is 3. The maximum atomic E-state index is 13.9. The van der Waals surface area contributed by atoms with Gasteiger partial charge in [0.05, 0.1) is 19.4 Å². The van der Waals surface area contributed by atoms with Crippen molar-refractivity contribution >= 4 is 34.9 Å². The van der Waals surface area contributed by atoms with Gasteiger partial charge in [-0.2, -0.15) is 5.10 Å². The van der Waals surface area contributed by atoms with Crippen molar-refractivity contribution in [3.05, 3.63) is 83.4 Å². The lowest BCUT2D eigenvalue weighted by molar-refractivity contribution is -0.143. The second-order valence-corrected chi connectivity index (χ2v) is 9.60. The first kappa shape index (κ1) is 26.9. The molecule has 198 valence electrons. The SMILES string of the molecule is CCOC(=O)CCCCCN1C(=O)N(Cc2ccc3ccc(C=NN)cc3c2)C(=O)C1(C)c1ccccc1. The van der Waals surface area contributed by atoms with Gasteiger partial charge in [-0.05, 0) is 66.3 Å². The molecule has 8 heteroatoms. The van der Waals surface area contributed by atoms with E-state index in [1.807, 2.05) is 73.7 Å². The fourth-order valence-corrected chi connectivity index (χ4v) is 5.01. The standard InChI is InChI=1S/C30H34N4O4/c1-3-38-27(35)12-8-5-9-17-34-29(37)33(28(36)30(34,2)26-10-6-4-7-11-26)21-23-14-16-24-15-13-22(20-32-31)18-25(24)19-23/h4,6-7,10-11,13-16,18-20H,3,5,8-9,12,17,21,31H2,1-2H3. The summed E-state index contributed by atoms with van der Waals surface area (Å²) in [5.41, 5.74) is 1.39. The van der Waals surface area contributed by atoms with E-state index >= 15 is 0 Å². The number of hydrogen-bond donors (Lipinski definition) is 1. The summed E-state index contributed by atoms with van der Waals surface area (Å²) in [6.45, 7) is 4.56. The summed E-state index contributed by atoms with van der Waals surface area (Å²) in [6.07, 6.45) is 4.03. The molecule has 0 radical (unpaired) electrons. The van der Waals surface area contributed by atoms with Gasteiger partial charge in [-0.3, -0.25) is 14.5 Å². The summed E-state index contributed by atoms with van der Waals surface area (Å²) in [7, 11) is 0. The number of hydrogen-bond acceptors (Lipinski definition) is 6. The molecule has 3 amide bonds.